The molecular weight excluding hydrogens is 136 g/mol. The van der Waals surface area contributed by atoms with E-state index in [2.05, 4.69) is 0 Å². The predicted octanol–water partition coefficient (Wildman–Crippen LogP) is 0.187. The smallest absolute Gasteiger partial charge is 0.358 e. The van der Waals surface area contributed by atoms with Gasteiger partial charge in [0.05, 0.1) is 0 Å². The van der Waals surface area contributed by atoms with Gasteiger partial charge in [-0.25, -0.2) is 0 Å². The molecule has 0 aromatic carbocycles. The van der Waals surface area contributed by atoms with Crippen molar-refractivity contribution >= 4 is 0 Å². The second-order valence-corrected chi connectivity index (χ2v) is 1.96. The average Bonchev–Trinajstić information content (AvgIpc) is 2.13. The lowest BCUT2D eigenvalue weighted by atomic mass is 10.4. The summed E-state index contributed by atoms with van der Waals surface area (Å²) in [5.41, 5.74) is 0. The largest absolute Gasteiger partial charge is 0.433 e. The van der Waals surface area contributed by atoms with Gasteiger partial charge in [-0.2, -0.15) is 0 Å². The molecule has 0 saturated carbocycles. The van der Waals surface area contributed by atoms with Gasteiger partial charge in [0.25, 0.3) is 0 Å². The van der Waals surface area contributed by atoms with Gasteiger partial charge >= 0.3 is 6.48 Å². The maximum absolute atomic E-state index is 8.75. The zero-order chi connectivity index (χ0) is 7.56. The van der Waals surface area contributed by atoms with Gasteiger partial charge < -0.3 is 19.3 Å². The van der Waals surface area contributed by atoms with Gasteiger partial charge in [-0.1, -0.05) is 0 Å². The van der Waals surface area contributed by atoms with E-state index >= 15 is 0 Å². The summed E-state index contributed by atoms with van der Waals surface area (Å²) in [4.78, 5) is 0. The van der Waals surface area contributed by atoms with Gasteiger partial charge in [0.15, 0.2) is 5.76 Å². The molecule has 0 aliphatic carbocycles. The number of ether oxygens (including phenoxy) is 3. The Labute approximate surface area is 59.0 Å². The molecule has 0 aromatic rings. The molecule has 1 aliphatic rings. The van der Waals surface area contributed by atoms with Crippen molar-refractivity contribution in [1.82, 2.24) is 0 Å². The molecule has 0 bridgehead atoms. The van der Waals surface area contributed by atoms with Gasteiger partial charge in [-0.05, 0) is 6.92 Å². The van der Waals surface area contributed by atoms with Crippen LogP contribution in [0.15, 0.2) is 11.5 Å². The highest BCUT2D eigenvalue weighted by Gasteiger charge is 2.21. The molecular formula is C6H10O4. The lowest BCUT2D eigenvalue weighted by molar-refractivity contribution is -0.194. The van der Waals surface area contributed by atoms with Crippen LogP contribution in [0.25, 0.3) is 0 Å². The third-order valence-corrected chi connectivity index (χ3v) is 1.19. The molecule has 0 spiro atoms. The molecule has 1 atom stereocenters. The van der Waals surface area contributed by atoms with Crippen molar-refractivity contribution in [2.45, 2.75) is 13.4 Å². The fourth-order valence-corrected chi connectivity index (χ4v) is 0.712. The quantitative estimate of drug-likeness (QED) is 0.604. The van der Waals surface area contributed by atoms with E-state index in [-0.39, 0.29) is 0 Å². The summed E-state index contributed by atoms with van der Waals surface area (Å²) in [7, 11) is 1.55. The van der Waals surface area contributed by atoms with E-state index in [0.717, 1.165) is 0 Å². The molecule has 1 aliphatic heterocycles. The Morgan fingerprint density at radius 2 is 2.30 bits per heavy atom. The Kier molecular flexibility index (Phi) is 2.13. The second kappa shape index (κ2) is 2.90. The van der Waals surface area contributed by atoms with Gasteiger partial charge in [0.2, 0.25) is 0 Å². The van der Waals surface area contributed by atoms with Crippen LogP contribution in [0.2, 0.25) is 0 Å². The van der Waals surface area contributed by atoms with Crippen molar-refractivity contribution in [2.24, 2.45) is 0 Å². The first-order valence-electron chi connectivity index (χ1n) is 2.94. The molecule has 0 amide bonds. The fourth-order valence-electron chi connectivity index (χ4n) is 0.712. The minimum Gasteiger partial charge on any atom is -0.433 e. The molecule has 0 radical (unpaired) electrons. The first kappa shape index (κ1) is 7.37. The van der Waals surface area contributed by atoms with Crippen LogP contribution in [0.5, 0.6) is 0 Å². The van der Waals surface area contributed by atoms with E-state index < -0.39 is 6.48 Å². The lowest BCUT2D eigenvalue weighted by Gasteiger charge is -2.02. The van der Waals surface area contributed by atoms with Crippen molar-refractivity contribution < 1.29 is 19.3 Å². The Balaban J connectivity index is 2.49. The molecule has 1 heterocycles. The molecule has 1 unspecified atom stereocenters. The third kappa shape index (κ3) is 1.40. The van der Waals surface area contributed by atoms with Crippen LogP contribution < -0.4 is 0 Å². The average molecular weight is 146 g/mol. The Bertz CT molecular complexity index is 152. The minimum absolute atomic E-state index is 0.336. The first-order valence-corrected chi connectivity index (χ1v) is 2.94. The monoisotopic (exact) mass is 146 g/mol. The van der Waals surface area contributed by atoms with E-state index in [4.69, 9.17) is 19.3 Å². The molecule has 1 rings (SSSR count). The molecule has 0 aromatic heterocycles. The Morgan fingerprint density at radius 3 is 2.70 bits per heavy atom. The van der Waals surface area contributed by atoms with Crippen LogP contribution in [-0.2, 0) is 14.2 Å². The normalized spacial score (nSPS) is 24.5. The van der Waals surface area contributed by atoms with Gasteiger partial charge in [0.1, 0.15) is 12.4 Å². The van der Waals surface area contributed by atoms with E-state index in [1.54, 1.807) is 14.0 Å². The summed E-state index contributed by atoms with van der Waals surface area (Å²) < 4.78 is 14.3. The SMILES string of the molecule is COCC1=C(C)OC(O)O1. The third-order valence-electron chi connectivity index (χ3n) is 1.19. The lowest BCUT2D eigenvalue weighted by Crippen LogP contribution is -2.07. The van der Waals surface area contributed by atoms with Crippen molar-refractivity contribution in [3.8, 4) is 0 Å². The van der Waals surface area contributed by atoms with Crippen LogP contribution in [0, 0.1) is 0 Å². The van der Waals surface area contributed by atoms with Crippen molar-refractivity contribution in [3.63, 3.8) is 0 Å². The molecule has 58 valence electrons. The van der Waals surface area contributed by atoms with Crippen molar-refractivity contribution in [2.75, 3.05) is 13.7 Å². The van der Waals surface area contributed by atoms with Gasteiger partial charge in [-0.15, -0.1) is 0 Å². The Hall–Kier alpha value is -0.740. The maximum Gasteiger partial charge on any atom is 0.358 e. The summed E-state index contributed by atoms with van der Waals surface area (Å²) in [5, 5.41) is 8.75. The summed E-state index contributed by atoms with van der Waals surface area (Å²) in [5.74, 6) is 1.13. The van der Waals surface area contributed by atoms with E-state index in [1.165, 1.54) is 0 Å². The molecule has 4 heteroatoms. The van der Waals surface area contributed by atoms with E-state index in [9.17, 15) is 0 Å². The summed E-state index contributed by atoms with van der Waals surface area (Å²) in [6, 6.07) is 0. The summed E-state index contributed by atoms with van der Waals surface area (Å²) >= 11 is 0. The number of aliphatic hydroxyl groups is 1. The number of methoxy groups -OCH3 is 1. The summed E-state index contributed by atoms with van der Waals surface area (Å²) in [6.07, 6.45) is 0. The highest BCUT2D eigenvalue weighted by Crippen LogP contribution is 2.19. The van der Waals surface area contributed by atoms with Crippen LogP contribution >= 0.6 is 0 Å². The predicted molar refractivity (Wildman–Crippen MR) is 32.8 cm³/mol. The van der Waals surface area contributed by atoms with Crippen LogP contribution in [0.3, 0.4) is 0 Å². The highest BCUT2D eigenvalue weighted by atomic mass is 16.8. The van der Waals surface area contributed by atoms with Crippen molar-refractivity contribution in [3.05, 3.63) is 11.5 Å². The van der Waals surface area contributed by atoms with Crippen LogP contribution in [0.1, 0.15) is 6.92 Å². The number of aliphatic hydroxyl groups excluding tert-OH is 1. The zero-order valence-corrected chi connectivity index (χ0v) is 5.96. The standard InChI is InChI=1S/C6H10O4/c1-4-5(3-8-2)10-6(7)9-4/h6-7H,3H2,1-2H3. The maximum atomic E-state index is 8.75. The molecule has 10 heavy (non-hydrogen) atoms. The zero-order valence-electron chi connectivity index (χ0n) is 5.96. The summed E-state index contributed by atoms with van der Waals surface area (Å²) in [6.45, 7) is 0.901. The molecule has 0 saturated heterocycles. The number of allylic oxidation sites excluding steroid dienone is 1. The molecule has 1 N–H and O–H groups in total. The number of hydrogen-bond donors (Lipinski definition) is 1. The van der Waals surface area contributed by atoms with E-state index in [0.29, 0.717) is 18.1 Å². The van der Waals surface area contributed by atoms with Crippen LogP contribution in [0.4, 0.5) is 0 Å². The second-order valence-electron chi connectivity index (χ2n) is 1.96. The number of hydrogen-bond acceptors (Lipinski definition) is 4. The van der Waals surface area contributed by atoms with Gasteiger partial charge in [0, 0.05) is 7.11 Å². The molecule has 4 nitrogen and oxygen atoms in total. The fraction of sp³-hybridized carbons (Fsp3) is 0.667. The highest BCUT2D eigenvalue weighted by molar-refractivity contribution is 5.02. The topological polar surface area (TPSA) is 47.9 Å². The number of rotatable bonds is 2. The van der Waals surface area contributed by atoms with E-state index in [1.807, 2.05) is 0 Å². The van der Waals surface area contributed by atoms with Gasteiger partial charge in [-0.3, -0.25) is 0 Å². The Morgan fingerprint density at radius 1 is 1.60 bits per heavy atom. The first-order chi connectivity index (χ1) is 4.74. The van der Waals surface area contributed by atoms with Crippen LogP contribution in [-0.4, -0.2) is 25.3 Å². The van der Waals surface area contributed by atoms with Crippen molar-refractivity contribution in [1.29, 1.82) is 0 Å². The molecule has 0 fully saturated rings. The minimum atomic E-state index is -1.15.